The Morgan fingerprint density at radius 1 is 1.38 bits per heavy atom. The first-order chi connectivity index (χ1) is 6.33. The lowest BCUT2D eigenvalue weighted by molar-refractivity contribution is 0.0426. The molecule has 3 heteroatoms. The zero-order valence-electron chi connectivity index (χ0n) is 8.67. The number of nitrogens with two attached hydrogens (primary N) is 1. The van der Waals surface area contributed by atoms with E-state index in [1.54, 1.807) is 0 Å². The van der Waals surface area contributed by atoms with Gasteiger partial charge in [0.1, 0.15) is 0 Å². The Hall–Kier alpha value is -0.120. The summed E-state index contributed by atoms with van der Waals surface area (Å²) in [5.74, 6) is 0. The van der Waals surface area contributed by atoms with E-state index in [1.807, 2.05) is 0 Å². The highest BCUT2D eigenvalue weighted by Crippen LogP contribution is 2.08. The van der Waals surface area contributed by atoms with Gasteiger partial charge < -0.3 is 15.4 Å². The second kappa shape index (κ2) is 6.35. The number of nitrogens with zero attached hydrogens (tertiary/aromatic N) is 1. The summed E-state index contributed by atoms with van der Waals surface area (Å²) in [5, 5.41) is 0. The van der Waals surface area contributed by atoms with Crippen LogP contribution in [0, 0.1) is 0 Å². The van der Waals surface area contributed by atoms with Crippen molar-refractivity contribution >= 4 is 0 Å². The predicted molar refractivity (Wildman–Crippen MR) is 54.8 cm³/mol. The molecule has 1 fully saturated rings. The van der Waals surface area contributed by atoms with Gasteiger partial charge in [-0.1, -0.05) is 0 Å². The fraction of sp³-hybridized carbons (Fsp3) is 1.00. The first-order valence-electron chi connectivity index (χ1n) is 5.37. The molecule has 1 atom stereocenters. The van der Waals surface area contributed by atoms with Crippen LogP contribution in [0.2, 0.25) is 0 Å². The van der Waals surface area contributed by atoms with E-state index in [0.29, 0.717) is 6.10 Å². The van der Waals surface area contributed by atoms with E-state index < -0.39 is 0 Å². The lowest BCUT2D eigenvalue weighted by Gasteiger charge is -2.20. The number of rotatable bonds is 6. The standard InChI is InChI=1S/C10H22N2O/c1-10(13-8-4-5-11)9-12-6-2-3-7-12/h10H,2-9,11H2,1H3. The third-order valence-corrected chi connectivity index (χ3v) is 2.46. The molecule has 0 amide bonds. The summed E-state index contributed by atoms with van der Waals surface area (Å²) >= 11 is 0. The van der Waals surface area contributed by atoms with Gasteiger partial charge in [-0.15, -0.1) is 0 Å². The van der Waals surface area contributed by atoms with Crippen molar-refractivity contribution in [2.24, 2.45) is 5.73 Å². The summed E-state index contributed by atoms with van der Waals surface area (Å²) in [7, 11) is 0. The highest BCUT2D eigenvalue weighted by atomic mass is 16.5. The van der Waals surface area contributed by atoms with E-state index in [1.165, 1.54) is 25.9 Å². The van der Waals surface area contributed by atoms with Crippen molar-refractivity contribution in [2.45, 2.75) is 32.3 Å². The molecule has 0 aromatic rings. The van der Waals surface area contributed by atoms with Crippen LogP contribution < -0.4 is 5.73 Å². The third kappa shape index (κ3) is 4.60. The molecule has 0 saturated carbocycles. The summed E-state index contributed by atoms with van der Waals surface area (Å²) in [4.78, 5) is 2.48. The van der Waals surface area contributed by atoms with Crippen LogP contribution in [-0.2, 0) is 4.74 Å². The van der Waals surface area contributed by atoms with E-state index in [9.17, 15) is 0 Å². The van der Waals surface area contributed by atoms with Gasteiger partial charge in [-0.05, 0) is 45.8 Å². The monoisotopic (exact) mass is 186 g/mol. The number of hydrogen-bond donors (Lipinski definition) is 1. The molecule has 0 aromatic carbocycles. The molecule has 3 nitrogen and oxygen atoms in total. The van der Waals surface area contributed by atoms with Crippen LogP contribution in [0.15, 0.2) is 0 Å². The molecule has 1 unspecified atom stereocenters. The van der Waals surface area contributed by atoms with Crippen LogP contribution in [0.4, 0.5) is 0 Å². The molecule has 78 valence electrons. The van der Waals surface area contributed by atoms with E-state index >= 15 is 0 Å². The maximum atomic E-state index is 5.62. The van der Waals surface area contributed by atoms with Crippen molar-refractivity contribution in [3.8, 4) is 0 Å². The Kier molecular flexibility index (Phi) is 5.35. The van der Waals surface area contributed by atoms with E-state index in [4.69, 9.17) is 10.5 Å². The van der Waals surface area contributed by atoms with Gasteiger partial charge >= 0.3 is 0 Å². The van der Waals surface area contributed by atoms with E-state index in [-0.39, 0.29) is 0 Å². The predicted octanol–water partition coefficient (Wildman–Crippen LogP) is 0.836. The van der Waals surface area contributed by atoms with Crippen molar-refractivity contribution in [1.29, 1.82) is 0 Å². The second-order valence-corrected chi connectivity index (χ2v) is 3.83. The summed E-state index contributed by atoms with van der Waals surface area (Å²) in [5.41, 5.74) is 5.39. The van der Waals surface area contributed by atoms with Gasteiger partial charge in [0.2, 0.25) is 0 Å². The minimum Gasteiger partial charge on any atom is -0.377 e. The van der Waals surface area contributed by atoms with Crippen LogP contribution in [0.3, 0.4) is 0 Å². The molecule has 0 aromatic heterocycles. The molecular formula is C10H22N2O. The Labute approximate surface area is 81.2 Å². The maximum Gasteiger partial charge on any atom is 0.0673 e. The average Bonchev–Trinajstić information content (AvgIpc) is 2.57. The van der Waals surface area contributed by atoms with Gasteiger partial charge in [-0.3, -0.25) is 0 Å². The molecule has 13 heavy (non-hydrogen) atoms. The maximum absolute atomic E-state index is 5.62. The Balaban J connectivity index is 1.99. The molecule has 1 rings (SSSR count). The summed E-state index contributed by atoms with van der Waals surface area (Å²) < 4.78 is 5.62. The fourth-order valence-electron chi connectivity index (χ4n) is 1.75. The molecule has 1 saturated heterocycles. The lowest BCUT2D eigenvalue weighted by Crippen LogP contribution is -2.30. The van der Waals surface area contributed by atoms with Gasteiger partial charge in [-0.25, -0.2) is 0 Å². The van der Waals surface area contributed by atoms with E-state index in [0.717, 1.165) is 26.1 Å². The lowest BCUT2D eigenvalue weighted by atomic mass is 10.3. The topological polar surface area (TPSA) is 38.5 Å². The van der Waals surface area contributed by atoms with Gasteiger partial charge in [-0.2, -0.15) is 0 Å². The van der Waals surface area contributed by atoms with Gasteiger partial charge in [0.05, 0.1) is 6.10 Å². The fourth-order valence-corrected chi connectivity index (χ4v) is 1.75. The Morgan fingerprint density at radius 2 is 2.08 bits per heavy atom. The van der Waals surface area contributed by atoms with Gasteiger partial charge in [0.15, 0.2) is 0 Å². The Morgan fingerprint density at radius 3 is 2.69 bits per heavy atom. The smallest absolute Gasteiger partial charge is 0.0673 e. The minimum atomic E-state index is 0.365. The number of ether oxygens (including phenoxy) is 1. The van der Waals surface area contributed by atoms with Crippen molar-refractivity contribution < 1.29 is 4.74 Å². The largest absolute Gasteiger partial charge is 0.377 e. The van der Waals surface area contributed by atoms with Crippen LogP contribution >= 0.6 is 0 Å². The molecule has 0 radical (unpaired) electrons. The van der Waals surface area contributed by atoms with Crippen molar-refractivity contribution in [1.82, 2.24) is 4.90 Å². The van der Waals surface area contributed by atoms with Crippen LogP contribution in [-0.4, -0.2) is 43.8 Å². The van der Waals surface area contributed by atoms with Gasteiger partial charge in [0.25, 0.3) is 0 Å². The second-order valence-electron chi connectivity index (χ2n) is 3.83. The first-order valence-corrected chi connectivity index (χ1v) is 5.37. The van der Waals surface area contributed by atoms with Crippen LogP contribution in [0.25, 0.3) is 0 Å². The molecule has 1 aliphatic heterocycles. The average molecular weight is 186 g/mol. The molecule has 0 bridgehead atoms. The zero-order chi connectivity index (χ0) is 9.52. The van der Waals surface area contributed by atoms with Crippen molar-refractivity contribution in [2.75, 3.05) is 32.8 Å². The molecule has 2 N–H and O–H groups in total. The molecular weight excluding hydrogens is 164 g/mol. The summed E-state index contributed by atoms with van der Waals surface area (Å²) in [6.07, 6.45) is 4.06. The molecule has 1 heterocycles. The van der Waals surface area contributed by atoms with Crippen molar-refractivity contribution in [3.63, 3.8) is 0 Å². The highest BCUT2D eigenvalue weighted by molar-refractivity contribution is 4.68. The molecule has 0 spiro atoms. The number of likely N-dealkylation sites (tertiary alicyclic amines) is 1. The van der Waals surface area contributed by atoms with E-state index in [2.05, 4.69) is 11.8 Å². The summed E-state index contributed by atoms with van der Waals surface area (Å²) in [6.45, 7) is 7.29. The highest BCUT2D eigenvalue weighted by Gasteiger charge is 2.14. The SMILES string of the molecule is CC(CN1CCCC1)OCCCN. The first kappa shape index (κ1) is 11.0. The minimum absolute atomic E-state index is 0.365. The Bertz CT molecular complexity index is 124. The summed E-state index contributed by atoms with van der Waals surface area (Å²) in [6, 6.07) is 0. The van der Waals surface area contributed by atoms with Crippen molar-refractivity contribution in [3.05, 3.63) is 0 Å². The zero-order valence-corrected chi connectivity index (χ0v) is 8.67. The van der Waals surface area contributed by atoms with Gasteiger partial charge in [0, 0.05) is 13.2 Å². The molecule has 1 aliphatic rings. The number of hydrogen-bond acceptors (Lipinski definition) is 3. The van der Waals surface area contributed by atoms with Crippen LogP contribution in [0.5, 0.6) is 0 Å². The normalized spacial score (nSPS) is 20.8. The molecule has 0 aliphatic carbocycles. The third-order valence-electron chi connectivity index (χ3n) is 2.46. The van der Waals surface area contributed by atoms with Crippen LogP contribution in [0.1, 0.15) is 26.2 Å². The quantitative estimate of drug-likeness (QED) is 0.625.